The van der Waals surface area contributed by atoms with Gasteiger partial charge in [0.25, 0.3) is 14.1 Å². The summed E-state index contributed by atoms with van der Waals surface area (Å²) in [5.74, 6) is 0. The van der Waals surface area contributed by atoms with Gasteiger partial charge < -0.3 is 5.11 Å². The van der Waals surface area contributed by atoms with E-state index in [1.54, 1.807) is 6.92 Å². The van der Waals surface area contributed by atoms with Crippen molar-refractivity contribution in [3.8, 4) is 0 Å². The fourth-order valence-electron chi connectivity index (χ4n) is 1.15. The molecular weight excluding hydrogens is 214 g/mol. The van der Waals surface area contributed by atoms with E-state index in [-0.39, 0.29) is 20.8 Å². The summed E-state index contributed by atoms with van der Waals surface area (Å²) in [4.78, 5) is 0. The van der Waals surface area contributed by atoms with Gasteiger partial charge in [-0.1, -0.05) is 43.5 Å². The zero-order chi connectivity index (χ0) is 12.5. The van der Waals surface area contributed by atoms with Gasteiger partial charge in [0, 0.05) is 0 Å². The summed E-state index contributed by atoms with van der Waals surface area (Å²) in [6.45, 7) is 13.0. The molecule has 0 radical (unpaired) electrons. The van der Waals surface area contributed by atoms with E-state index in [2.05, 4.69) is 34.6 Å². The van der Waals surface area contributed by atoms with Crippen LogP contribution in [0.4, 0.5) is 0 Å². The van der Waals surface area contributed by atoms with E-state index in [4.69, 9.17) is 5.11 Å². The van der Waals surface area contributed by atoms with Gasteiger partial charge in [-0.05, 0) is 0 Å². The van der Waals surface area contributed by atoms with Crippen LogP contribution >= 0.6 is 0 Å². The van der Waals surface area contributed by atoms with Gasteiger partial charge in [0.15, 0.2) is 0 Å². The fourth-order valence-corrected chi connectivity index (χ4v) is 3.46. The first-order valence-corrected chi connectivity index (χ1v) is 10.7. The molecule has 90 valence electrons. The van der Waals surface area contributed by atoms with Crippen molar-refractivity contribution in [3.05, 3.63) is 0 Å². The topological polar surface area (TPSA) is 23.1 Å². The summed E-state index contributed by atoms with van der Waals surface area (Å²) in [5.41, 5.74) is 0. The maximum absolute atomic E-state index is 8.93. The SMILES string of the molecule is CC[O-].C[CH2][Al+][CH2]C.C[CH2][Al]([CH2]C)[CH2]C. The van der Waals surface area contributed by atoms with Gasteiger partial charge in [-0.3, -0.25) is 0 Å². The molecule has 0 aromatic carbocycles. The second-order valence-corrected chi connectivity index (χ2v) is 9.88. The normalized spacial score (nSPS) is 7.67. The molecule has 0 spiro atoms. The Balaban J connectivity index is -0.000000158. The van der Waals surface area contributed by atoms with Crippen LogP contribution in [0.2, 0.25) is 26.4 Å². The van der Waals surface area contributed by atoms with Crippen molar-refractivity contribution in [2.75, 3.05) is 6.61 Å². The molecule has 0 heterocycles. The van der Waals surface area contributed by atoms with Crippen LogP contribution in [-0.2, 0) is 0 Å². The third-order valence-corrected chi connectivity index (χ3v) is 6.93. The molecule has 0 aliphatic carbocycles. The summed E-state index contributed by atoms with van der Waals surface area (Å²) in [7, 11) is 0. The minimum absolute atomic E-state index is 0. The van der Waals surface area contributed by atoms with Gasteiger partial charge in [-0.25, -0.2) is 0 Å². The van der Waals surface area contributed by atoms with E-state index in [1.165, 1.54) is 26.4 Å². The van der Waals surface area contributed by atoms with Gasteiger partial charge in [0.2, 0.25) is 0 Å². The van der Waals surface area contributed by atoms with Crippen LogP contribution in [0.25, 0.3) is 0 Å². The molecule has 0 saturated heterocycles. The zero-order valence-electron chi connectivity index (χ0n) is 11.8. The largest absolute Gasteiger partial charge is 0.261 e. The standard InChI is InChI=1S/C2H5O.5C2H5.2Al/c1-2-3;5*1-2;;/h2H2,1H3;5*1H2,2H3;;/q-1;;;;;;;+1. The molecule has 0 amide bonds. The van der Waals surface area contributed by atoms with Crippen LogP contribution in [0.3, 0.4) is 0 Å². The van der Waals surface area contributed by atoms with Crippen LogP contribution < -0.4 is 5.11 Å². The third-order valence-electron chi connectivity index (χ3n) is 2.31. The molecule has 15 heavy (non-hydrogen) atoms. The second kappa shape index (κ2) is 24.3. The Morgan fingerprint density at radius 3 is 1.07 bits per heavy atom. The van der Waals surface area contributed by atoms with Crippen molar-refractivity contribution < 1.29 is 5.11 Å². The summed E-state index contributed by atoms with van der Waals surface area (Å²) in [6.07, 6.45) is 0. The van der Waals surface area contributed by atoms with Gasteiger partial charge >= 0.3 is 39.6 Å². The molecule has 0 atom stereocenters. The molecule has 0 N–H and O–H groups in total. The number of rotatable bonds is 5. The molecular formula is C12H30Al2O. The van der Waals surface area contributed by atoms with Crippen molar-refractivity contribution in [2.45, 2.75) is 68.0 Å². The fraction of sp³-hybridized carbons (Fsp3) is 1.00. The van der Waals surface area contributed by atoms with Crippen LogP contribution in [-0.4, -0.2) is 36.0 Å². The van der Waals surface area contributed by atoms with Crippen molar-refractivity contribution in [1.29, 1.82) is 0 Å². The van der Waals surface area contributed by atoms with Crippen LogP contribution in [0.1, 0.15) is 41.5 Å². The van der Waals surface area contributed by atoms with E-state index < -0.39 is 0 Å². The van der Waals surface area contributed by atoms with E-state index in [0.717, 1.165) is 15.2 Å². The maximum Gasteiger partial charge on any atom is 0.261 e. The van der Waals surface area contributed by atoms with E-state index >= 15 is 0 Å². The Morgan fingerprint density at radius 1 is 0.800 bits per heavy atom. The van der Waals surface area contributed by atoms with Gasteiger partial charge in [-0.15, -0.1) is 6.61 Å². The Hall–Kier alpha value is 1.02. The molecule has 0 rings (SSSR count). The van der Waals surface area contributed by atoms with Crippen molar-refractivity contribution >= 4 is 29.4 Å². The van der Waals surface area contributed by atoms with Gasteiger partial charge in [0.1, 0.15) is 0 Å². The van der Waals surface area contributed by atoms with E-state index in [0.29, 0.717) is 0 Å². The Bertz CT molecular complexity index is 68.5. The monoisotopic (exact) mass is 244 g/mol. The summed E-state index contributed by atoms with van der Waals surface area (Å²) in [5, 5.41) is 16.3. The Kier molecular flexibility index (Phi) is 34.6. The number of hydrogen-bond donors (Lipinski definition) is 0. The van der Waals surface area contributed by atoms with E-state index in [9.17, 15) is 0 Å². The molecule has 0 fully saturated rings. The zero-order valence-corrected chi connectivity index (χ0v) is 14.1. The van der Waals surface area contributed by atoms with Crippen molar-refractivity contribution in [2.24, 2.45) is 0 Å². The first-order chi connectivity index (χ1) is 7.17. The molecule has 0 aliphatic heterocycles. The smallest absolute Gasteiger partial charge is 0.0967 e. The molecule has 0 saturated carbocycles. The summed E-state index contributed by atoms with van der Waals surface area (Å²) < 4.78 is 0. The molecule has 0 aromatic rings. The van der Waals surface area contributed by atoms with Crippen molar-refractivity contribution in [1.82, 2.24) is 0 Å². The average molecular weight is 244 g/mol. The predicted molar refractivity (Wildman–Crippen MR) is 74.5 cm³/mol. The Labute approximate surface area is 109 Å². The summed E-state index contributed by atoms with van der Waals surface area (Å²) in [6, 6.07) is 0. The van der Waals surface area contributed by atoms with Crippen LogP contribution in [0, 0.1) is 0 Å². The van der Waals surface area contributed by atoms with E-state index in [1.807, 2.05) is 0 Å². The number of hydrogen-bond acceptors (Lipinski definition) is 1. The summed E-state index contributed by atoms with van der Waals surface area (Å²) >= 11 is 0.644. The second-order valence-electron chi connectivity index (χ2n) is 3.48. The Morgan fingerprint density at radius 2 is 1.07 bits per heavy atom. The van der Waals surface area contributed by atoms with Crippen LogP contribution in [0.15, 0.2) is 0 Å². The quantitative estimate of drug-likeness (QED) is 0.679. The minimum Gasteiger partial charge on any atom is -0.0967 e. The molecule has 0 aromatic heterocycles. The maximum atomic E-state index is 8.93. The molecule has 0 unspecified atom stereocenters. The van der Waals surface area contributed by atoms with Crippen LogP contribution in [0.5, 0.6) is 0 Å². The first kappa shape index (κ1) is 21.3. The minimum atomic E-state index is -0.171. The molecule has 0 bridgehead atoms. The molecule has 1 nitrogen and oxygen atoms in total. The molecule has 0 aliphatic rings. The predicted octanol–water partition coefficient (Wildman–Crippen LogP) is 3.47. The van der Waals surface area contributed by atoms with Gasteiger partial charge in [0.05, 0.1) is 0 Å². The average Bonchev–Trinajstić information content (AvgIpc) is 2.24. The molecule has 3 heteroatoms. The third kappa shape index (κ3) is 31.3. The first-order valence-electron chi connectivity index (χ1n) is 6.57. The van der Waals surface area contributed by atoms with Crippen molar-refractivity contribution in [3.63, 3.8) is 0 Å². The van der Waals surface area contributed by atoms with Gasteiger partial charge in [-0.2, -0.15) is 0 Å².